The van der Waals surface area contributed by atoms with Crippen LogP contribution in [0.3, 0.4) is 0 Å². The van der Waals surface area contributed by atoms with Crippen molar-refractivity contribution in [3.05, 3.63) is 47.9 Å². The van der Waals surface area contributed by atoms with Gasteiger partial charge in [0.1, 0.15) is 11.6 Å². The van der Waals surface area contributed by atoms with Crippen molar-refractivity contribution >= 4 is 22.5 Å². The van der Waals surface area contributed by atoms with Crippen molar-refractivity contribution in [2.45, 2.75) is 6.54 Å². The van der Waals surface area contributed by atoms with Gasteiger partial charge in [-0.25, -0.2) is 14.8 Å². The lowest BCUT2D eigenvalue weighted by atomic mass is 10.2. The number of rotatable bonds is 4. The second kappa shape index (κ2) is 6.27. The summed E-state index contributed by atoms with van der Waals surface area (Å²) in [5.41, 5.74) is 1.62. The molecule has 0 saturated carbocycles. The summed E-state index contributed by atoms with van der Waals surface area (Å²) in [4.78, 5) is 23.0. The van der Waals surface area contributed by atoms with Crippen LogP contribution in [-0.2, 0) is 6.54 Å². The number of carbonyl (C=O) groups excluding carboxylic acids is 1. The number of anilines is 1. The minimum Gasteiger partial charge on any atom is -0.508 e. The van der Waals surface area contributed by atoms with Gasteiger partial charge in [0.25, 0.3) is 0 Å². The van der Waals surface area contributed by atoms with Gasteiger partial charge in [0.05, 0.1) is 12.2 Å². The fraction of sp³-hybridized carbons (Fsp3) is 0.0714. The zero-order chi connectivity index (χ0) is 15.4. The number of phenolic OH excluding ortho intramolecular Hbond substituents is 1. The zero-order valence-electron chi connectivity index (χ0n) is 11.4. The molecule has 0 fully saturated rings. The number of phenols is 1. The van der Waals surface area contributed by atoms with Gasteiger partial charge < -0.3 is 15.4 Å². The van der Waals surface area contributed by atoms with Crippen LogP contribution in [0, 0.1) is 0 Å². The van der Waals surface area contributed by atoms with Crippen LogP contribution in [0.1, 0.15) is 5.82 Å². The number of H-pyrrole nitrogens is 1. The van der Waals surface area contributed by atoms with E-state index in [1.54, 1.807) is 36.7 Å². The quantitative estimate of drug-likeness (QED) is 0.594. The lowest BCUT2D eigenvalue weighted by Gasteiger charge is -2.03. The molecule has 0 unspecified atom stereocenters. The van der Waals surface area contributed by atoms with Crippen LogP contribution >= 0.6 is 11.3 Å². The van der Waals surface area contributed by atoms with Crippen molar-refractivity contribution in [2.24, 2.45) is 0 Å². The van der Waals surface area contributed by atoms with Crippen LogP contribution in [0.15, 0.2) is 42.0 Å². The minimum absolute atomic E-state index is 0.203. The van der Waals surface area contributed by atoms with Gasteiger partial charge in [-0.1, -0.05) is 0 Å². The van der Waals surface area contributed by atoms with E-state index in [9.17, 15) is 9.90 Å². The van der Waals surface area contributed by atoms with E-state index in [4.69, 9.17) is 0 Å². The summed E-state index contributed by atoms with van der Waals surface area (Å²) in [6.45, 7) is 0.315. The molecule has 0 radical (unpaired) electrons. The molecule has 0 spiro atoms. The van der Waals surface area contributed by atoms with E-state index in [0.717, 1.165) is 11.3 Å². The Morgan fingerprint density at radius 2 is 2.14 bits per heavy atom. The summed E-state index contributed by atoms with van der Waals surface area (Å²) in [5, 5.41) is 17.0. The largest absolute Gasteiger partial charge is 0.508 e. The normalized spacial score (nSPS) is 10.4. The summed E-state index contributed by atoms with van der Waals surface area (Å²) in [6, 6.07) is 6.38. The van der Waals surface area contributed by atoms with Gasteiger partial charge in [-0.15, -0.1) is 11.3 Å². The number of aromatic amines is 1. The summed E-state index contributed by atoms with van der Waals surface area (Å²) >= 11 is 1.33. The minimum atomic E-state index is -0.344. The maximum absolute atomic E-state index is 11.8. The first-order valence-electron chi connectivity index (χ1n) is 6.49. The van der Waals surface area contributed by atoms with Gasteiger partial charge in [0.15, 0.2) is 5.13 Å². The molecule has 0 aliphatic heterocycles. The Morgan fingerprint density at radius 1 is 1.32 bits per heavy atom. The molecule has 2 amide bonds. The molecule has 8 heteroatoms. The second-order valence-electron chi connectivity index (χ2n) is 4.43. The van der Waals surface area contributed by atoms with Gasteiger partial charge in [0.2, 0.25) is 0 Å². The van der Waals surface area contributed by atoms with Gasteiger partial charge in [-0.3, -0.25) is 5.32 Å². The highest BCUT2D eigenvalue weighted by atomic mass is 32.1. The van der Waals surface area contributed by atoms with Crippen LogP contribution in [0.4, 0.5) is 9.93 Å². The Hall–Kier alpha value is -2.87. The molecule has 0 atom stereocenters. The number of urea groups is 1. The Morgan fingerprint density at radius 3 is 2.86 bits per heavy atom. The summed E-state index contributed by atoms with van der Waals surface area (Å²) < 4.78 is 0. The highest BCUT2D eigenvalue weighted by Gasteiger charge is 2.08. The van der Waals surface area contributed by atoms with Crippen LogP contribution < -0.4 is 10.6 Å². The van der Waals surface area contributed by atoms with Crippen molar-refractivity contribution in [3.8, 4) is 17.0 Å². The molecule has 0 bridgehead atoms. The molecule has 3 rings (SSSR count). The van der Waals surface area contributed by atoms with Gasteiger partial charge in [-0.2, -0.15) is 0 Å². The SMILES string of the molecule is O=C(NCc1ncc[nH]1)Nc1nc(-c2ccc(O)cc2)cs1. The van der Waals surface area contributed by atoms with Crippen LogP contribution in [0.25, 0.3) is 11.3 Å². The third-order valence-corrected chi connectivity index (χ3v) is 3.62. The van der Waals surface area contributed by atoms with Crippen molar-refractivity contribution in [1.82, 2.24) is 20.3 Å². The first kappa shape index (κ1) is 14.1. The van der Waals surface area contributed by atoms with E-state index in [-0.39, 0.29) is 11.8 Å². The Kier molecular flexibility index (Phi) is 4.01. The van der Waals surface area contributed by atoms with Crippen LogP contribution in [-0.4, -0.2) is 26.1 Å². The number of carbonyl (C=O) groups is 1. The molecule has 22 heavy (non-hydrogen) atoms. The molecule has 7 nitrogen and oxygen atoms in total. The number of amides is 2. The number of thiazole rings is 1. The molecule has 112 valence electrons. The predicted octanol–water partition coefficient (Wildman–Crippen LogP) is 2.56. The van der Waals surface area contributed by atoms with Crippen molar-refractivity contribution in [1.29, 1.82) is 0 Å². The highest BCUT2D eigenvalue weighted by molar-refractivity contribution is 7.14. The number of nitrogens with zero attached hydrogens (tertiary/aromatic N) is 2. The van der Waals surface area contributed by atoms with E-state index in [1.807, 2.05) is 5.38 Å². The first-order valence-corrected chi connectivity index (χ1v) is 7.37. The van der Waals surface area contributed by atoms with Crippen molar-refractivity contribution in [3.63, 3.8) is 0 Å². The smallest absolute Gasteiger partial charge is 0.321 e. The van der Waals surface area contributed by atoms with E-state index in [0.29, 0.717) is 17.5 Å². The lowest BCUT2D eigenvalue weighted by Crippen LogP contribution is -2.28. The van der Waals surface area contributed by atoms with Gasteiger partial charge in [0, 0.05) is 23.3 Å². The Labute approximate surface area is 130 Å². The number of aromatic hydroxyl groups is 1. The lowest BCUT2D eigenvalue weighted by molar-refractivity contribution is 0.251. The van der Waals surface area contributed by atoms with Gasteiger partial charge >= 0.3 is 6.03 Å². The molecular weight excluding hydrogens is 302 g/mol. The first-order chi connectivity index (χ1) is 10.7. The number of hydrogen-bond donors (Lipinski definition) is 4. The molecule has 0 aliphatic rings. The van der Waals surface area contributed by atoms with Crippen LogP contribution in [0.5, 0.6) is 5.75 Å². The average molecular weight is 315 g/mol. The maximum atomic E-state index is 11.8. The zero-order valence-corrected chi connectivity index (χ0v) is 12.2. The molecule has 3 aromatic rings. The van der Waals surface area contributed by atoms with Crippen molar-refractivity contribution < 1.29 is 9.90 Å². The van der Waals surface area contributed by atoms with Crippen molar-refractivity contribution in [2.75, 3.05) is 5.32 Å². The van der Waals surface area contributed by atoms with E-state index in [1.165, 1.54) is 11.3 Å². The number of aromatic nitrogens is 3. The third-order valence-electron chi connectivity index (χ3n) is 2.86. The van der Waals surface area contributed by atoms with E-state index < -0.39 is 0 Å². The average Bonchev–Trinajstić information content (AvgIpc) is 3.17. The third kappa shape index (κ3) is 3.41. The van der Waals surface area contributed by atoms with Crippen LogP contribution in [0.2, 0.25) is 0 Å². The van der Waals surface area contributed by atoms with E-state index >= 15 is 0 Å². The number of hydrogen-bond acceptors (Lipinski definition) is 5. The predicted molar refractivity (Wildman–Crippen MR) is 83.7 cm³/mol. The molecule has 0 aliphatic carbocycles. The molecule has 1 aromatic carbocycles. The Balaban J connectivity index is 1.59. The fourth-order valence-electron chi connectivity index (χ4n) is 1.80. The summed E-state index contributed by atoms with van der Waals surface area (Å²) in [5.74, 6) is 0.883. The topological polar surface area (TPSA) is 103 Å². The molecule has 2 aromatic heterocycles. The number of imidazole rings is 1. The fourth-order valence-corrected chi connectivity index (χ4v) is 2.51. The summed E-state index contributed by atoms with van der Waals surface area (Å²) in [7, 11) is 0. The highest BCUT2D eigenvalue weighted by Crippen LogP contribution is 2.26. The molecule has 0 saturated heterocycles. The molecule has 4 N–H and O–H groups in total. The molecule has 2 heterocycles. The molecular formula is C14H13N5O2S. The standard InChI is InChI=1S/C14H13N5O2S/c20-10-3-1-9(2-4-10)11-8-22-14(18-11)19-13(21)17-7-12-15-5-6-16-12/h1-6,8,20H,7H2,(H,15,16)(H2,17,18,19,21). The van der Waals surface area contributed by atoms with Gasteiger partial charge in [-0.05, 0) is 24.3 Å². The number of benzene rings is 1. The second-order valence-corrected chi connectivity index (χ2v) is 5.29. The Bertz CT molecular complexity index is 752. The van der Waals surface area contributed by atoms with E-state index in [2.05, 4.69) is 25.6 Å². The number of nitrogens with one attached hydrogen (secondary N) is 3. The monoisotopic (exact) mass is 315 g/mol. The maximum Gasteiger partial charge on any atom is 0.321 e. The summed E-state index contributed by atoms with van der Waals surface area (Å²) in [6.07, 6.45) is 3.32.